The molecule has 1 aliphatic heterocycles. The van der Waals surface area contributed by atoms with Crippen molar-refractivity contribution in [3.05, 3.63) is 59.2 Å². The fourth-order valence-electron chi connectivity index (χ4n) is 3.48. The van der Waals surface area contributed by atoms with Crippen LogP contribution in [0.4, 0.5) is 0 Å². The molecule has 0 amide bonds. The number of phenolic OH excluding ortho intramolecular Hbond substituents is 6. The molecule has 6 N–H and O–H groups in total. The molecule has 9 nitrogen and oxygen atoms in total. The van der Waals surface area contributed by atoms with Gasteiger partial charge in [-0.15, -0.1) is 12.6 Å². The minimum Gasteiger partial charge on any atom is -0.508 e. The zero-order valence-electron chi connectivity index (χ0n) is 16.3. The first kappa shape index (κ1) is 21.3. The smallest absolute Gasteiger partial charge is 0.338 e. The molecular formula is C22H18O9S. The van der Waals surface area contributed by atoms with Gasteiger partial charge >= 0.3 is 5.97 Å². The third-order valence-corrected chi connectivity index (χ3v) is 5.40. The number of aromatic hydroxyl groups is 6. The van der Waals surface area contributed by atoms with Gasteiger partial charge in [0.15, 0.2) is 29.1 Å². The van der Waals surface area contributed by atoms with Gasteiger partial charge in [0.2, 0.25) is 0 Å². The largest absolute Gasteiger partial charge is 0.508 e. The Bertz CT molecular complexity index is 1200. The van der Waals surface area contributed by atoms with Crippen LogP contribution in [0.25, 0.3) is 0 Å². The van der Waals surface area contributed by atoms with E-state index in [2.05, 4.69) is 12.6 Å². The molecule has 3 aromatic rings. The first-order valence-corrected chi connectivity index (χ1v) is 9.78. The van der Waals surface area contributed by atoms with Crippen LogP contribution in [0.15, 0.2) is 47.4 Å². The molecule has 4 rings (SSSR count). The van der Waals surface area contributed by atoms with Crippen LogP contribution in [-0.2, 0) is 11.2 Å². The number of hydrogen-bond donors (Lipinski definition) is 7. The number of fused-ring (bicyclic) bond motifs is 1. The van der Waals surface area contributed by atoms with Crippen LogP contribution >= 0.6 is 12.6 Å². The van der Waals surface area contributed by atoms with E-state index in [0.717, 1.165) is 12.1 Å². The number of esters is 1. The van der Waals surface area contributed by atoms with Gasteiger partial charge in [-0.2, -0.15) is 0 Å². The molecule has 0 aromatic heterocycles. The minimum absolute atomic E-state index is 0.00269. The predicted octanol–water partition coefficient (Wildman–Crippen LogP) is 3.11. The number of carbonyl (C=O) groups excluding carboxylic acids is 1. The van der Waals surface area contributed by atoms with Gasteiger partial charge in [0, 0.05) is 29.7 Å². The Balaban J connectivity index is 1.72. The SMILES string of the molecule is O=C(OC1Cc2c(O)cc(O)cc2OC1c1ccc(O)c(O)c1)c1cc(O)c(O)c(S)c1. The molecule has 0 spiro atoms. The van der Waals surface area contributed by atoms with E-state index in [1.165, 1.54) is 30.3 Å². The molecule has 1 aliphatic rings. The van der Waals surface area contributed by atoms with Gasteiger partial charge < -0.3 is 40.1 Å². The van der Waals surface area contributed by atoms with Crippen molar-refractivity contribution < 1.29 is 44.9 Å². The summed E-state index contributed by atoms with van der Waals surface area (Å²) in [7, 11) is 0. The summed E-state index contributed by atoms with van der Waals surface area (Å²) in [5.41, 5.74) is 0.566. The molecule has 0 radical (unpaired) electrons. The lowest BCUT2D eigenvalue weighted by Gasteiger charge is -2.34. The maximum absolute atomic E-state index is 12.8. The van der Waals surface area contributed by atoms with E-state index in [4.69, 9.17) is 9.47 Å². The van der Waals surface area contributed by atoms with Crippen LogP contribution < -0.4 is 4.74 Å². The molecule has 2 unspecified atom stereocenters. The van der Waals surface area contributed by atoms with Gasteiger partial charge in [0.1, 0.15) is 23.4 Å². The second-order valence-corrected chi connectivity index (χ2v) is 7.72. The van der Waals surface area contributed by atoms with E-state index in [1.54, 1.807) is 0 Å². The summed E-state index contributed by atoms with van der Waals surface area (Å²) >= 11 is 4.00. The minimum atomic E-state index is -1.01. The Morgan fingerprint density at radius 2 is 1.66 bits per heavy atom. The van der Waals surface area contributed by atoms with Gasteiger partial charge in [0.05, 0.1) is 10.5 Å². The van der Waals surface area contributed by atoms with Crippen LogP contribution in [0, 0.1) is 0 Å². The molecule has 32 heavy (non-hydrogen) atoms. The molecule has 0 aliphatic carbocycles. The van der Waals surface area contributed by atoms with Crippen molar-refractivity contribution in [2.45, 2.75) is 23.5 Å². The second kappa shape index (κ2) is 7.97. The van der Waals surface area contributed by atoms with Crippen molar-refractivity contribution in [1.82, 2.24) is 0 Å². The Kier molecular flexibility index (Phi) is 5.31. The molecule has 1 heterocycles. The van der Waals surface area contributed by atoms with Gasteiger partial charge in [-0.3, -0.25) is 0 Å². The number of thiol groups is 1. The lowest BCUT2D eigenvalue weighted by Crippen LogP contribution is -2.34. The first-order valence-electron chi connectivity index (χ1n) is 9.33. The lowest BCUT2D eigenvalue weighted by molar-refractivity contribution is -0.0189. The number of phenols is 6. The van der Waals surface area contributed by atoms with E-state index in [0.29, 0.717) is 11.1 Å². The molecule has 0 saturated heterocycles. The molecule has 0 saturated carbocycles. The number of carbonyl (C=O) groups is 1. The summed E-state index contributed by atoms with van der Waals surface area (Å²) in [5.74, 6) is -2.99. The Morgan fingerprint density at radius 3 is 2.34 bits per heavy atom. The van der Waals surface area contributed by atoms with Gasteiger partial charge in [0.25, 0.3) is 0 Å². The highest BCUT2D eigenvalue weighted by molar-refractivity contribution is 7.80. The zero-order valence-corrected chi connectivity index (χ0v) is 17.2. The topological polar surface area (TPSA) is 157 Å². The summed E-state index contributed by atoms with van der Waals surface area (Å²) in [6.07, 6.45) is -1.98. The quantitative estimate of drug-likeness (QED) is 0.178. The Labute approximate surface area is 186 Å². The highest BCUT2D eigenvalue weighted by Gasteiger charge is 2.37. The van der Waals surface area contributed by atoms with Crippen molar-refractivity contribution in [3.63, 3.8) is 0 Å². The maximum atomic E-state index is 12.8. The fraction of sp³-hybridized carbons (Fsp3) is 0.136. The lowest BCUT2D eigenvalue weighted by atomic mass is 9.93. The van der Waals surface area contributed by atoms with Crippen LogP contribution in [0.5, 0.6) is 40.2 Å². The van der Waals surface area contributed by atoms with Crippen molar-refractivity contribution in [1.29, 1.82) is 0 Å². The summed E-state index contributed by atoms with van der Waals surface area (Å²) in [4.78, 5) is 12.7. The first-order chi connectivity index (χ1) is 15.1. The molecule has 0 fully saturated rings. The highest BCUT2D eigenvalue weighted by Crippen LogP contribution is 2.44. The second-order valence-electron chi connectivity index (χ2n) is 7.24. The predicted molar refractivity (Wildman–Crippen MR) is 113 cm³/mol. The van der Waals surface area contributed by atoms with Crippen LogP contribution in [0.1, 0.15) is 27.6 Å². The normalized spacial score (nSPS) is 17.3. The van der Waals surface area contributed by atoms with Gasteiger partial charge in [-0.25, -0.2) is 4.79 Å². The maximum Gasteiger partial charge on any atom is 0.338 e. The van der Waals surface area contributed by atoms with Crippen molar-refractivity contribution >= 4 is 18.6 Å². The monoisotopic (exact) mass is 458 g/mol. The Hall–Kier alpha value is -3.92. The number of hydrogen-bond acceptors (Lipinski definition) is 10. The van der Waals surface area contributed by atoms with Crippen LogP contribution in [-0.4, -0.2) is 42.7 Å². The summed E-state index contributed by atoms with van der Waals surface area (Å²) in [6.45, 7) is 0. The third kappa shape index (κ3) is 3.87. The molecule has 3 aromatic carbocycles. The van der Waals surface area contributed by atoms with Crippen LogP contribution in [0.3, 0.4) is 0 Å². The average molecular weight is 458 g/mol. The summed E-state index contributed by atoms with van der Waals surface area (Å²) in [6, 6.07) is 8.61. The highest BCUT2D eigenvalue weighted by atomic mass is 32.1. The number of benzene rings is 3. The van der Waals surface area contributed by atoms with Crippen molar-refractivity contribution in [3.8, 4) is 40.2 Å². The number of ether oxygens (including phenoxy) is 2. The van der Waals surface area contributed by atoms with Gasteiger partial charge in [-0.05, 0) is 24.3 Å². The van der Waals surface area contributed by atoms with E-state index in [9.17, 15) is 35.4 Å². The van der Waals surface area contributed by atoms with E-state index >= 15 is 0 Å². The van der Waals surface area contributed by atoms with E-state index in [1.807, 2.05) is 0 Å². The molecule has 2 atom stereocenters. The molecule has 166 valence electrons. The van der Waals surface area contributed by atoms with Crippen molar-refractivity contribution in [2.75, 3.05) is 0 Å². The zero-order chi connectivity index (χ0) is 23.2. The fourth-order valence-corrected chi connectivity index (χ4v) is 3.73. The Morgan fingerprint density at radius 1 is 0.906 bits per heavy atom. The van der Waals surface area contributed by atoms with E-state index < -0.39 is 35.4 Å². The van der Waals surface area contributed by atoms with Crippen molar-refractivity contribution in [2.24, 2.45) is 0 Å². The summed E-state index contributed by atoms with van der Waals surface area (Å²) in [5, 5.41) is 58.9. The average Bonchev–Trinajstić information content (AvgIpc) is 2.73. The number of rotatable bonds is 3. The molecule has 0 bridgehead atoms. The summed E-state index contributed by atoms with van der Waals surface area (Å²) < 4.78 is 11.5. The standard InChI is InChI=1S/C22H18O9S/c23-11-6-14(25)12-8-18(31-22(29)10-4-16(27)20(28)19(32)5-10)21(30-17(12)7-11)9-1-2-13(24)15(26)3-9/h1-7,18,21,23-28,32H,8H2. The van der Waals surface area contributed by atoms with Crippen LogP contribution in [0.2, 0.25) is 0 Å². The van der Waals surface area contributed by atoms with E-state index in [-0.39, 0.29) is 39.9 Å². The molecule has 10 heteroatoms. The molecular weight excluding hydrogens is 440 g/mol. The third-order valence-electron chi connectivity index (χ3n) is 5.06. The van der Waals surface area contributed by atoms with Gasteiger partial charge in [-0.1, -0.05) is 6.07 Å².